The normalized spacial score (nSPS) is 43.4. The van der Waals surface area contributed by atoms with Crippen LogP contribution in [0.5, 0.6) is 0 Å². The molecule has 0 aromatic carbocycles. The molecule has 0 saturated carbocycles. The number of rotatable bonds is 3. The molecule has 5 unspecified atom stereocenters. The highest BCUT2D eigenvalue weighted by molar-refractivity contribution is 9.11. The molecule has 0 radical (unpaired) electrons. The van der Waals surface area contributed by atoms with Crippen molar-refractivity contribution in [3.8, 4) is 12.3 Å². The van der Waals surface area contributed by atoms with Crippen molar-refractivity contribution in [2.45, 2.75) is 43.5 Å². The van der Waals surface area contributed by atoms with Gasteiger partial charge in [0.1, 0.15) is 18.0 Å². The quantitative estimate of drug-likeness (QED) is 0.576. The Morgan fingerprint density at radius 3 is 3.11 bits per heavy atom. The van der Waals surface area contributed by atoms with Crippen LogP contribution in [0.1, 0.15) is 19.8 Å². The fourth-order valence-corrected chi connectivity index (χ4v) is 4.25. The fraction of sp³-hybridized carbons (Fsp3) is 0.600. The van der Waals surface area contributed by atoms with Crippen LogP contribution in [0.2, 0.25) is 0 Å². The second kappa shape index (κ2) is 5.16. The maximum Gasteiger partial charge on any atom is 0.128 e. The predicted molar refractivity (Wildman–Crippen MR) is 79.0 cm³/mol. The molecule has 4 heteroatoms. The van der Waals surface area contributed by atoms with Gasteiger partial charge in [-0.1, -0.05) is 34.9 Å². The highest BCUT2D eigenvalue weighted by Crippen LogP contribution is 2.56. The molecule has 3 aliphatic heterocycles. The van der Waals surface area contributed by atoms with Crippen LogP contribution in [-0.4, -0.2) is 23.7 Å². The second-order valence-corrected chi connectivity index (χ2v) is 6.69. The number of fused-ring (bicyclic) bond motifs is 1. The molecule has 6 atom stereocenters. The van der Waals surface area contributed by atoms with E-state index in [0.717, 1.165) is 23.1 Å². The van der Waals surface area contributed by atoms with Gasteiger partial charge in [0.25, 0.3) is 0 Å². The summed E-state index contributed by atoms with van der Waals surface area (Å²) in [6.45, 7) is 2.11. The highest BCUT2D eigenvalue weighted by Gasteiger charge is 2.63. The first-order valence-corrected chi connectivity index (χ1v) is 7.87. The van der Waals surface area contributed by atoms with Crippen molar-refractivity contribution in [1.29, 1.82) is 0 Å². The van der Waals surface area contributed by atoms with E-state index in [-0.39, 0.29) is 35.5 Å². The van der Waals surface area contributed by atoms with E-state index < -0.39 is 0 Å². The van der Waals surface area contributed by atoms with Crippen LogP contribution < -0.4 is 0 Å². The van der Waals surface area contributed by atoms with Crippen molar-refractivity contribution in [2.75, 3.05) is 0 Å². The largest absolute Gasteiger partial charge is 0.491 e. The molecule has 0 N–H and O–H groups in total. The SMILES string of the molecule is C#C/C=C\[C@H](Cl)C1C2CC3O/C(=C(\Br)CC)C1C3O2. The summed E-state index contributed by atoms with van der Waals surface area (Å²) < 4.78 is 13.2. The molecular weight excluding hydrogens is 328 g/mol. The zero-order valence-corrected chi connectivity index (χ0v) is 13.0. The average molecular weight is 344 g/mol. The van der Waals surface area contributed by atoms with E-state index in [1.165, 1.54) is 0 Å². The zero-order valence-electron chi connectivity index (χ0n) is 10.7. The third kappa shape index (κ3) is 2.05. The number of hydrogen-bond donors (Lipinski definition) is 0. The van der Waals surface area contributed by atoms with Gasteiger partial charge in [0.05, 0.1) is 17.4 Å². The minimum atomic E-state index is -0.106. The Morgan fingerprint density at radius 2 is 2.42 bits per heavy atom. The lowest BCUT2D eigenvalue weighted by Gasteiger charge is -2.25. The lowest BCUT2D eigenvalue weighted by Crippen LogP contribution is -2.34. The third-order valence-electron chi connectivity index (χ3n) is 4.26. The molecule has 0 aromatic heterocycles. The number of allylic oxidation sites excluding steroid dienone is 3. The van der Waals surface area contributed by atoms with Crippen molar-refractivity contribution < 1.29 is 9.47 Å². The molecule has 3 saturated heterocycles. The van der Waals surface area contributed by atoms with Gasteiger partial charge >= 0.3 is 0 Å². The molecule has 19 heavy (non-hydrogen) atoms. The lowest BCUT2D eigenvalue weighted by atomic mass is 9.77. The van der Waals surface area contributed by atoms with E-state index in [2.05, 4.69) is 28.8 Å². The van der Waals surface area contributed by atoms with E-state index in [0.29, 0.717) is 0 Å². The minimum Gasteiger partial charge on any atom is -0.491 e. The third-order valence-corrected chi connectivity index (χ3v) is 5.65. The Balaban J connectivity index is 1.91. The smallest absolute Gasteiger partial charge is 0.128 e. The molecule has 0 spiro atoms. The van der Waals surface area contributed by atoms with Crippen molar-refractivity contribution in [3.63, 3.8) is 0 Å². The van der Waals surface area contributed by atoms with E-state index in [9.17, 15) is 0 Å². The summed E-state index contributed by atoms with van der Waals surface area (Å²) in [5, 5.41) is -0.106. The Labute approximate surface area is 127 Å². The topological polar surface area (TPSA) is 18.5 Å². The van der Waals surface area contributed by atoms with Crippen LogP contribution in [-0.2, 0) is 9.47 Å². The first kappa shape index (κ1) is 13.5. The predicted octanol–water partition coefficient (Wildman–Crippen LogP) is 3.60. The molecular formula is C15H16BrClO2. The van der Waals surface area contributed by atoms with Crippen LogP contribution in [0.3, 0.4) is 0 Å². The second-order valence-electron chi connectivity index (χ2n) is 5.23. The van der Waals surface area contributed by atoms with Gasteiger partial charge < -0.3 is 9.47 Å². The summed E-state index contributed by atoms with van der Waals surface area (Å²) in [6, 6.07) is 0. The van der Waals surface area contributed by atoms with Crippen LogP contribution in [0.15, 0.2) is 22.4 Å². The van der Waals surface area contributed by atoms with Gasteiger partial charge in [0.2, 0.25) is 0 Å². The Morgan fingerprint density at radius 1 is 1.63 bits per heavy atom. The maximum absolute atomic E-state index is 6.51. The van der Waals surface area contributed by atoms with E-state index in [1.807, 2.05) is 6.08 Å². The lowest BCUT2D eigenvalue weighted by molar-refractivity contribution is 0.0690. The summed E-state index contributed by atoms with van der Waals surface area (Å²) in [5.41, 5.74) is 0. The number of terminal acetylenes is 1. The van der Waals surface area contributed by atoms with Gasteiger partial charge in [-0.25, -0.2) is 0 Å². The molecule has 3 fully saturated rings. The van der Waals surface area contributed by atoms with Crippen LogP contribution >= 0.6 is 27.5 Å². The summed E-state index contributed by atoms with van der Waals surface area (Å²) >= 11 is 10.1. The minimum absolute atomic E-state index is 0.106. The van der Waals surface area contributed by atoms with Crippen molar-refractivity contribution in [2.24, 2.45) is 11.8 Å². The first-order valence-electron chi connectivity index (χ1n) is 6.64. The van der Waals surface area contributed by atoms with Gasteiger partial charge in [0.15, 0.2) is 0 Å². The Hall–Kier alpha value is -0.430. The van der Waals surface area contributed by atoms with Gasteiger partial charge in [-0.2, -0.15) is 0 Å². The van der Waals surface area contributed by atoms with Crippen molar-refractivity contribution in [1.82, 2.24) is 0 Å². The maximum atomic E-state index is 6.51. The number of halogens is 2. The molecule has 3 rings (SSSR count). The van der Waals surface area contributed by atoms with Crippen LogP contribution in [0.25, 0.3) is 0 Å². The van der Waals surface area contributed by atoms with E-state index in [4.69, 9.17) is 27.5 Å². The summed E-state index contributed by atoms with van der Waals surface area (Å²) in [7, 11) is 0. The van der Waals surface area contributed by atoms with E-state index in [1.54, 1.807) is 6.08 Å². The number of alkyl halides is 1. The number of ether oxygens (including phenoxy) is 2. The summed E-state index contributed by atoms with van der Waals surface area (Å²) in [6.07, 6.45) is 11.3. The standard InChI is InChI=1S/C15H16BrClO2/c1-3-5-6-9(17)12-10-7-11-15(18-10)13(12)14(19-11)8(16)4-2/h1,5-6,9-13,15H,4,7H2,2H3/b6-5-,14-8-/t9-,10?,11?,12?,13?,15?/m0/s1. The van der Waals surface area contributed by atoms with Gasteiger partial charge in [-0.05, 0) is 12.5 Å². The Kier molecular flexibility index (Phi) is 3.68. The molecule has 0 aliphatic carbocycles. The summed E-state index contributed by atoms with van der Waals surface area (Å²) in [5.74, 6) is 4.06. The molecule has 2 bridgehead atoms. The van der Waals surface area contributed by atoms with Crippen LogP contribution in [0.4, 0.5) is 0 Å². The van der Waals surface area contributed by atoms with Gasteiger partial charge in [-0.3, -0.25) is 0 Å². The monoisotopic (exact) mass is 342 g/mol. The molecule has 3 aliphatic rings. The summed E-state index contributed by atoms with van der Waals surface area (Å²) in [4.78, 5) is 0. The molecule has 2 nitrogen and oxygen atoms in total. The van der Waals surface area contributed by atoms with Gasteiger partial charge in [0, 0.05) is 16.8 Å². The highest BCUT2D eigenvalue weighted by atomic mass is 79.9. The van der Waals surface area contributed by atoms with E-state index >= 15 is 0 Å². The number of hydrogen-bond acceptors (Lipinski definition) is 2. The molecule has 102 valence electrons. The van der Waals surface area contributed by atoms with Crippen molar-refractivity contribution >= 4 is 27.5 Å². The van der Waals surface area contributed by atoms with Crippen molar-refractivity contribution in [3.05, 3.63) is 22.4 Å². The molecule has 0 aromatic rings. The van der Waals surface area contributed by atoms with Crippen LogP contribution in [0, 0.1) is 24.2 Å². The molecule has 3 heterocycles. The average Bonchev–Trinajstić information content (AvgIpc) is 3.02. The first-order chi connectivity index (χ1) is 9.17. The molecule has 0 amide bonds. The Bertz CT molecular complexity index is 477. The van der Waals surface area contributed by atoms with Gasteiger partial charge in [-0.15, -0.1) is 18.0 Å². The zero-order chi connectivity index (χ0) is 13.6. The fourth-order valence-electron chi connectivity index (χ4n) is 3.50.